The summed E-state index contributed by atoms with van der Waals surface area (Å²) in [7, 11) is -1.05. The van der Waals surface area contributed by atoms with Crippen molar-refractivity contribution >= 4 is 21.6 Å². The summed E-state index contributed by atoms with van der Waals surface area (Å²) in [6, 6.07) is 18.0. The second-order valence-electron chi connectivity index (χ2n) is 7.14. The van der Waals surface area contributed by atoms with E-state index in [1.165, 1.54) is 0 Å². The highest BCUT2D eigenvalue weighted by molar-refractivity contribution is 7.98. The van der Waals surface area contributed by atoms with Gasteiger partial charge >= 0.3 is 0 Å². The lowest BCUT2D eigenvalue weighted by atomic mass is 10.00. The Morgan fingerprint density at radius 3 is 2.62 bits per heavy atom. The Hall–Kier alpha value is -2.63. The molecular weight excluding hydrogens is 404 g/mol. The zero-order valence-electron chi connectivity index (χ0n) is 15.9. The van der Waals surface area contributed by atoms with Crippen molar-refractivity contribution in [3.63, 3.8) is 0 Å². The molecule has 0 saturated carbocycles. The Morgan fingerprint density at radius 1 is 1.17 bits per heavy atom. The Kier molecular flexibility index (Phi) is 5.43. The third-order valence-electron chi connectivity index (χ3n) is 5.15. The third kappa shape index (κ3) is 4.21. The Morgan fingerprint density at radius 2 is 1.93 bits per heavy atom. The molecular formula is C21H20N4O2S2. The zero-order chi connectivity index (χ0) is 20.4. The minimum Gasteiger partial charge on any atom is -0.309 e. The van der Waals surface area contributed by atoms with Crippen LogP contribution in [-0.2, 0) is 22.6 Å². The van der Waals surface area contributed by atoms with E-state index in [-0.39, 0.29) is 17.4 Å². The molecule has 1 saturated heterocycles. The van der Waals surface area contributed by atoms with Gasteiger partial charge in [-0.05, 0) is 29.2 Å². The van der Waals surface area contributed by atoms with E-state index in [1.807, 2.05) is 48.0 Å². The first-order chi connectivity index (χ1) is 14.0. The van der Waals surface area contributed by atoms with Crippen LogP contribution < -0.4 is 0 Å². The summed E-state index contributed by atoms with van der Waals surface area (Å²) < 4.78 is 25.4. The summed E-state index contributed by atoms with van der Waals surface area (Å²) in [4.78, 5) is 0. The van der Waals surface area contributed by atoms with Crippen LogP contribution >= 0.6 is 11.8 Å². The van der Waals surface area contributed by atoms with Gasteiger partial charge in [0.2, 0.25) is 0 Å². The van der Waals surface area contributed by atoms with E-state index in [0.29, 0.717) is 12.0 Å². The topological polar surface area (TPSA) is 88.6 Å². The highest BCUT2D eigenvalue weighted by Crippen LogP contribution is 2.30. The summed E-state index contributed by atoms with van der Waals surface area (Å²) >= 11 is 1.58. The first-order valence-electron chi connectivity index (χ1n) is 9.28. The number of hydrogen-bond acceptors (Lipinski definition) is 6. The predicted molar refractivity (Wildman–Crippen MR) is 113 cm³/mol. The molecule has 6 nitrogen and oxygen atoms in total. The van der Waals surface area contributed by atoms with Crippen LogP contribution in [-0.4, -0.2) is 34.7 Å². The van der Waals surface area contributed by atoms with Crippen LogP contribution in [0.2, 0.25) is 0 Å². The fraction of sp³-hybridized carbons (Fsp3) is 0.286. The van der Waals surface area contributed by atoms with Crippen LogP contribution in [0.5, 0.6) is 0 Å². The molecule has 1 unspecified atom stereocenters. The monoisotopic (exact) mass is 424 g/mol. The molecule has 2 heterocycles. The average molecular weight is 425 g/mol. The summed E-state index contributed by atoms with van der Waals surface area (Å²) in [5, 5.41) is 18.6. The van der Waals surface area contributed by atoms with Crippen LogP contribution in [0.1, 0.15) is 29.3 Å². The lowest BCUT2D eigenvalue weighted by molar-refractivity contribution is 0.599. The van der Waals surface area contributed by atoms with Crippen molar-refractivity contribution in [2.75, 3.05) is 11.5 Å². The molecule has 0 N–H and O–H groups in total. The summed E-state index contributed by atoms with van der Waals surface area (Å²) in [6.07, 6.45) is 0.616. The predicted octanol–water partition coefficient (Wildman–Crippen LogP) is 3.55. The van der Waals surface area contributed by atoms with E-state index in [1.54, 1.807) is 11.8 Å². The van der Waals surface area contributed by atoms with Crippen molar-refractivity contribution in [2.24, 2.45) is 7.05 Å². The van der Waals surface area contributed by atoms with Crippen molar-refractivity contribution in [2.45, 2.75) is 23.2 Å². The quantitative estimate of drug-likeness (QED) is 0.582. The average Bonchev–Trinajstić information content (AvgIpc) is 3.28. The summed E-state index contributed by atoms with van der Waals surface area (Å²) in [5.41, 5.74) is 3.74. The standard InChI is InChI=1S/C21H20N4O2S2/c1-25-20(18-10-11-29(26,27)14-18)23-24-21(25)28-13-15-6-8-16(9-7-15)19-5-3-2-4-17(19)12-22/h2-9,18H,10-11,13-14H2,1H3. The van der Waals surface area contributed by atoms with Crippen molar-refractivity contribution in [1.82, 2.24) is 14.8 Å². The van der Waals surface area contributed by atoms with Crippen molar-refractivity contribution < 1.29 is 8.42 Å². The van der Waals surface area contributed by atoms with E-state index in [4.69, 9.17) is 0 Å². The number of aromatic nitrogens is 3. The Bertz CT molecular complexity index is 1180. The fourth-order valence-electron chi connectivity index (χ4n) is 3.57. The number of sulfone groups is 1. The lowest BCUT2D eigenvalue weighted by Crippen LogP contribution is -2.09. The Labute approximate surface area is 174 Å². The molecule has 1 aliphatic heterocycles. The van der Waals surface area contributed by atoms with Crippen molar-refractivity contribution in [3.8, 4) is 17.2 Å². The van der Waals surface area contributed by atoms with Gasteiger partial charge < -0.3 is 4.57 Å². The van der Waals surface area contributed by atoms with E-state index in [2.05, 4.69) is 28.4 Å². The van der Waals surface area contributed by atoms with Gasteiger partial charge in [0.1, 0.15) is 5.82 Å². The van der Waals surface area contributed by atoms with Crippen LogP contribution in [0.15, 0.2) is 53.7 Å². The number of rotatable bonds is 5. The third-order valence-corrected chi connectivity index (χ3v) is 8.01. The molecule has 8 heteroatoms. The maximum absolute atomic E-state index is 11.7. The van der Waals surface area contributed by atoms with Gasteiger partial charge in [0, 0.05) is 18.7 Å². The molecule has 1 aromatic heterocycles. The first kappa shape index (κ1) is 19.7. The van der Waals surface area contributed by atoms with Gasteiger partial charge in [-0.25, -0.2) is 8.42 Å². The number of nitrogens with zero attached hydrogens (tertiary/aromatic N) is 4. The minimum absolute atomic E-state index is 0.0636. The molecule has 29 heavy (non-hydrogen) atoms. The molecule has 3 aromatic rings. The van der Waals surface area contributed by atoms with Gasteiger partial charge in [0.25, 0.3) is 0 Å². The SMILES string of the molecule is Cn1c(SCc2ccc(-c3ccccc3C#N)cc2)nnc1C1CCS(=O)(=O)C1. The van der Waals surface area contributed by atoms with Gasteiger partial charge in [-0.15, -0.1) is 10.2 Å². The van der Waals surface area contributed by atoms with E-state index >= 15 is 0 Å². The van der Waals surface area contributed by atoms with Gasteiger partial charge in [-0.2, -0.15) is 5.26 Å². The maximum atomic E-state index is 11.7. The highest BCUT2D eigenvalue weighted by Gasteiger charge is 2.32. The van der Waals surface area contributed by atoms with E-state index in [9.17, 15) is 13.7 Å². The normalized spacial score (nSPS) is 17.9. The number of hydrogen-bond donors (Lipinski definition) is 0. The maximum Gasteiger partial charge on any atom is 0.191 e. The van der Waals surface area contributed by atoms with Crippen LogP contribution in [0, 0.1) is 11.3 Å². The molecule has 0 amide bonds. The molecule has 1 aliphatic rings. The van der Waals surface area contributed by atoms with Gasteiger partial charge in [-0.1, -0.05) is 54.2 Å². The minimum atomic E-state index is -2.95. The van der Waals surface area contributed by atoms with Crippen LogP contribution in [0.4, 0.5) is 0 Å². The molecule has 0 radical (unpaired) electrons. The van der Waals surface area contributed by atoms with Gasteiger partial charge in [-0.3, -0.25) is 0 Å². The number of benzene rings is 2. The second-order valence-corrected chi connectivity index (χ2v) is 10.3. The van der Waals surface area contributed by atoms with Crippen molar-refractivity contribution in [1.29, 1.82) is 5.26 Å². The fourth-order valence-corrected chi connectivity index (χ4v) is 6.18. The first-order valence-corrected chi connectivity index (χ1v) is 12.1. The molecule has 1 atom stereocenters. The van der Waals surface area contributed by atoms with Gasteiger partial charge in [0.05, 0.1) is 23.1 Å². The molecule has 2 aromatic carbocycles. The number of thioether (sulfide) groups is 1. The lowest BCUT2D eigenvalue weighted by Gasteiger charge is -2.08. The molecule has 0 aliphatic carbocycles. The van der Waals surface area contributed by atoms with E-state index < -0.39 is 9.84 Å². The number of nitriles is 1. The second kappa shape index (κ2) is 8.01. The Balaban J connectivity index is 1.44. The van der Waals surface area contributed by atoms with Crippen molar-refractivity contribution in [3.05, 3.63) is 65.5 Å². The smallest absolute Gasteiger partial charge is 0.191 e. The molecule has 0 spiro atoms. The van der Waals surface area contributed by atoms with Crippen LogP contribution in [0.25, 0.3) is 11.1 Å². The summed E-state index contributed by atoms with van der Waals surface area (Å²) in [5.74, 6) is 1.81. The summed E-state index contributed by atoms with van der Waals surface area (Å²) in [6.45, 7) is 0. The van der Waals surface area contributed by atoms with Gasteiger partial charge in [0.15, 0.2) is 15.0 Å². The molecule has 1 fully saturated rings. The molecule has 0 bridgehead atoms. The zero-order valence-corrected chi connectivity index (χ0v) is 17.6. The van der Waals surface area contributed by atoms with Crippen LogP contribution in [0.3, 0.4) is 0 Å². The molecule has 4 rings (SSSR count). The highest BCUT2D eigenvalue weighted by atomic mass is 32.2. The largest absolute Gasteiger partial charge is 0.309 e. The van der Waals surface area contributed by atoms with E-state index in [0.717, 1.165) is 33.4 Å². The molecule has 148 valence electrons.